The second-order valence-corrected chi connectivity index (χ2v) is 11.5. The molecule has 206 valence electrons. The van der Waals surface area contributed by atoms with E-state index < -0.39 is 10.8 Å². The second-order valence-electron chi connectivity index (χ2n) is 8.70. The minimum atomic E-state index is -0.622. The first-order chi connectivity index (χ1) is 20.3. The van der Waals surface area contributed by atoms with Crippen LogP contribution in [-0.2, 0) is 4.79 Å². The third-order valence-corrected chi connectivity index (χ3v) is 8.21. The molecule has 5 aromatic rings. The van der Waals surface area contributed by atoms with E-state index in [9.17, 15) is 25.0 Å². The number of para-hydroxylation sites is 1. The number of thiazole rings is 1. The molecule has 9 nitrogen and oxygen atoms in total. The first kappa shape index (κ1) is 28.5. The van der Waals surface area contributed by atoms with Crippen LogP contribution in [0, 0.1) is 21.4 Å². The minimum absolute atomic E-state index is 0.190. The van der Waals surface area contributed by atoms with Gasteiger partial charge in [-0.2, -0.15) is 5.26 Å². The van der Waals surface area contributed by atoms with Crippen molar-refractivity contribution >= 4 is 79.9 Å². The standard InChI is InChI=1S/C30H18ClN5O4S2/c31-21-9-7-19(8-10-21)28(37)34-23-11-12-24-27(16-23)42-30(35-24)41-26-13-6-18(15-25(26)36(39)40)14-20(17-32)29(38)33-22-4-2-1-3-5-22/h1-16H,(H,33,38)(H,34,37)/b20-14+. The molecule has 1 heterocycles. The number of fused-ring (bicyclic) bond motifs is 1. The fourth-order valence-corrected chi connectivity index (χ4v) is 6.09. The number of nitrogens with zero attached hydrogens (tertiary/aromatic N) is 3. The van der Waals surface area contributed by atoms with Crippen molar-refractivity contribution in [2.75, 3.05) is 10.6 Å². The highest BCUT2D eigenvalue weighted by Crippen LogP contribution is 2.40. The molecule has 0 aliphatic rings. The maximum atomic E-state index is 12.6. The topological polar surface area (TPSA) is 138 Å². The van der Waals surface area contributed by atoms with Crippen molar-refractivity contribution in [3.8, 4) is 6.07 Å². The second kappa shape index (κ2) is 12.7. The van der Waals surface area contributed by atoms with Crippen LogP contribution in [0.15, 0.2) is 106 Å². The number of nitrogens with one attached hydrogen (secondary N) is 2. The normalized spacial score (nSPS) is 11.1. The van der Waals surface area contributed by atoms with Gasteiger partial charge in [-0.25, -0.2) is 4.98 Å². The van der Waals surface area contributed by atoms with Gasteiger partial charge >= 0.3 is 0 Å². The molecule has 4 aromatic carbocycles. The van der Waals surface area contributed by atoms with Crippen LogP contribution in [-0.4, -0.2) is 21.7 Å². The van der Waals surface area contributed by atoms with E-state index in [0.29, 0.717) is 42.3 Å². The molecule has 0 saturated heterocycles. The molecular weight excluding hydrogens is 594 g/mol. The lowest BCUT2D eigenvalue weighted by molar-refractivity contribution is -0.387. The number of hydrogen-bond acceptors (Lipinski definition) is 8. The highest BCUT2D eigenvalue weighted by Gasteiger charge is 2.19. The Morgan fingerprint density at radius 3 is 2.45 bits per heavy atom. The first-order valence-corrected chi connectivity index (χ1v) is 14.2. The quantitative estimate of drug-likeness (QED) is 0.0789. The van der Waals surface area contributed by atoms with Crippen LogP contribution in [0.1, 0.15) is 15.9 Å². The molecule has 1 aromatic heterocycles. The molecule has 5 rings (SSSR count). The summed E-state index contributed by atoms with van der Waals surface area (Å²) in [5, 5.41) is 27.4. The van der Waals surface area contributed by atoms with E-state index in [2.05, 4.69) is 15.6 Å². The Bertz CT molecular complexity index is 1900. The average Bonchev–Trinajstić information content (AvgIpc) is 3.38. The molecule has 0 saturated carbocycles. The number of carbonyl (C=O) groups excluding carboxylic acids is 2. The number of nitro groups is 1. The molecule has 0 spiro atoms. The predicted molar refractivity (Wildman–Crippen MR) is 165 cm³/mol. The van der Waals surface area contributed by atoms with Gasteiger partial charge in [-0.05, 0) is 72.3 Å². The van der Waals surface area contributed by atoms with Crippen LogP contribution in [0.4, 0.5) is 17.1 Å². The zero-order chi connectivity index (χ0) is 29.6. The van der Waals surface area contributed by atoms with Gasteiger partial charge in [-0.3, -0.25) is 19.7 Å². The Labute approximate surface area is 252 Å². The molecule has 42 heavy (non-hydrogen) atoms. The van der Waals surface area contributed by atoms with Crippen LogP contribution in [0.3, 0.4) is 0 Å². The average molecular weight is 612 g/mol. The van der Waals surface area contributed by atoms with Crippen molar-refractivity contribution in [1.82, 2.24) is 4.98 Å². The SMILES string of the molecule is N#C/C(=C\c1ccc(Sc2nc3ccc(NC(=O)c4ccc(Cl)cc4)cc3s2)c([N+](=O)[O-])c1)C(=O)Nc1ccccc1. The minimum Gasteiger partial charge on any atom is -0.322 e. The fraction of sp³-hybridized carbons (Fsp3) is 0. The smallest absolute Gasteiger partial charge is 0.283 e. The lowest BCUT2D eigenvalue weighted by Gasteiger charge is -2.05. The first-order valence-electron chi connectivity index (χ1n) is 12.2. The van der Waals surface area contributed by atoms with Crippen LogP contribution in [0.25, 0.3) is 16.3 Å². The van der Waals surface area contributed by atoms with Gasteiger partial charge in [-0.1, -0.05) is 47.6 Å². The van der Waals surface area contributed by atoms with E-state index in [1.807, 2.05) is 6.07 Å². The number of aromatic nitrogens is 1. The summed E-state index contributed by atoms with van der Waals surface area (Å²) in [6, 6.07) is 26.8. The summed E-state index contributed by atoms with van der Waals surface area (Å²) in [6.07, 6.45) is 1.30. The number of anilines is 2. The number of nitriles is 1. The zero-order valence-electron chi connectivity index (χ0n) is 21.4. The number of rotatable bonds is 8. The molecule has 12 heteroatoms. The van der Waals surface area contributed by atoms with Crippen LogP contribution in [0.5, 0.6) is 0 Å². The maximum absolute atomic E-state index is 12.6. The lowest BCUT2D eigenvalue weighted by atomic mass is 10.1. The number of amides is 2. The summed E-state index contributed by atoms with van der Waals surface area (Å²) >= 11 is 8.35. The lowest BCUT2D eigenvalue weighted by Crippen LogP contribution is -2.13. The monoisotopic (exact) mass is 611 g/mol. The van der Waals surface area contributed by atoms with Crippen molar-refractivity contribution in [2.45, 2.75) is 9.24 Å². The van der Waals surface area contributed by atoms with Gasteiger partial charge in [0.2, 0.25) is 0 Å². The fourth-order valence-electron chi connectivity index (χ4n) is 3.81. The highest BCUT2D eigenvalue weighted by molar-refractivity contribution is 8.01. The van der Waals surface area contributed by atoms with E-state index in [0.717, 1.165) is 16.5 Å². The van der Waals surface area contributed by atoms with Crippen LogP contribution in [0.2, 0.25) is 5.02 Å². The third kappa shape index (κ3) is 6.82. The van der Waals surface area contributed by atoms with Gasteiger partial charge in [0.25, 0.3) is 17.5 Å². The van der Waals surface area contributed by atoms with Gasteiger partial charge in [0, 0.05) is 28.0 Å². The van der Waals surface area contributed by atoms with Crippen molar-refractivity contribution in [3.63, 3.8) is 0 Å². The van der Waals surface area contributed by atoms with Gasteiger partial charge in [0.15, 0.2) is 4.34 Å². The van der Waals surface area contributed by atoms with Gasteiger partial charge < -0.3 is 10.6 Å². The van der Waals surface area contributed by atoms with Crippen molar-refractivity contribution in [3.05, 3.63) is 123 Å². The summed E-state index contributed by atoms with van der Waals surface area (Å²) in [4.78, 5) is 41.4. The van der Waals surface area contributed by atoms with E-state index in [1.54, 1.807) is 84.9 Å². The summed E-state index contributed by atoms with van der Waals surface area (Å²) in [5.74, 6) is -0.907. The number of benzene rings is 4. The molecule has 0 aliphatic heterocycles. The number of hydrogen-bond donors (Lipinski definition) is 2. The van der Waals surface area contributed by atoms with Crippen molar-refractivity contribution < 1.29 is 14.5 Å². The largest absolute Gasteiger partial charge is 0.322 e. The Hall–Kier alpha value is -5.02. The maximum Gasteiger partial charge on any atom is 0.283 e. The number of halogens is 1. The van der Waals surface area contributed by atoms with Crippen LogP contribution >= 0.6 is 34.7 Å². The summed E-state index contributed by atoms with van der Waals surface area (Å²) in [5.41, 5.74) is 2.18. The van der Waals surface area contributed by atoms with E-state index >= 15 is 0 Å². The molecular formula is C30H18ClN5O4S2. The summed E-state index contributed by atoms with van der Waals surface area (Å²) in [7, 11) is 0. The molecule has 2 N–H and O–H groups in total. The molecule has 0 unspecified atom stereocenters. The number of nitro benzene ring substituents is 1. The Morgan fingerprint density at radius 1 is 0.976 bits per heavy atom. The highest BCUT2D eigenvalue weighted by atomic mass is 35.5. The Kier molecular flexibility index (Phi) is 8.59. The molecule has 0 bridgehead atoms. The third-order valence-electron chi connectivity index (χ3n) is 5.82. The van der Waals surface area contributed by atoms with E-state index in [4.69, 9.17) is 11.6 Å². The Morgan fingerprint density at radius 2 is 1.74 bits per heavy atom. The van der Waals surface area contributed by atoms with Crippen molar-refractivity contribution in [1.29, 1.82) is 5.26 Å². The van der Waals surface area contributed by atoms with Gasteiger partial charge in [-0.15, -0.1) is 11.3 Å². The predicted octanol–water partition coefficient (Wildman–Crippen LogP) is 7.81. The molecule has 0 atom stereocenters. The Balaban J connectivity index is 1.34. The number of carbonyl (C=O) groups is 2. The van der Waals surface area contributed by atoms with E-state index in [-0.39, 0.29) is 17.2 Å². The van der Waals surface area contributed by atoms with Crippen molar-refractivity contribution in [2.24, 2.45) is 0 Å². The molecule has 0 aliphatic carbocycles. The zero-order valence-corrected chi connectivity index (χ0v) is 23.8. The molecule has 2 amide bonds. The summed E-state index contributed by atoms with van der Waals surface area (Å²) < 4.78 is 1.36. The van der Waals surface area contributed by atoms with Gasteiger partial charge in [0.1, 0.15) is 11.6 Å². The molecule has 0 radical (unpaired) electrons. The van der Waals surface area contributed by atoms with Crippen LogP contribution < -0.4 is 10.6 Å². The van der Waals surface area contributed by atoms with Gasteiger partial charge in [0.05, 0.1) is 20.0 Å². The molecule has 0 fully saturated rings. The van der Waals surface area contributed by atoms with E-state index in [1.165, 1.54) is 23.5 Å². The summed E-state index contributed by atoms with van der Waals surface area (Å²) in [6.45, 7) is 0.